The molecule has 3 nitrogen and oxygen atoms in total. The highest BCUT2D eigenvalue weighted by atomic mass is 35.5. The van der Waals surface area contributed by atoms with E-state index in [1.165, 1.54) is 18.2 Å². The Kier molecular flexibility index (Phi) is 2.50. The number of nitrogens with one attached hydrogen (secondary N) is 2. The first kappa shape index (κ1) is 12.0. The fraction of sp³-hybridized carbons (Fsp3) is 0.300. The summed E-state index contributed by atoms with van der Waals surface area (Å²) >= 11 is 5.68. The summed E-state index contributed by atoms with van der Waals surface area (Å²) in [5.41, 5.74) is -2.20. The fourth-order valence-electron chi connectivity index (χ4n) is 1.50. The van der Waals surface area contributed by atoms with Gasteiger partial charge in [-0.25, -0.2) is 0 Å². The molecule has 0 aliphatic carbocycles. The highest BCUT2D eigenvalue weighted by molar-refractivity contribution is 6.31. The number of hydrogen-bond acceptors (Lipinski definition) is 2. The van der Waals surface area contributed by atoms with Crippen LogP contribution in [0.3, 0.4) is 0 Å². The van der Waals surface area contributed by atoms with Crippen LogP contribution in [0.1, 0.15) is 6.92 Å². The maximum Gasteiger partial charge on any atom is 0.420 e. The number of fused-ring (bicyclic) bond motifs is 1. The Hall–Kier alpha value is -1.43. The van der Waals surface area contributed by atoms with E-state index in [1.807, 2.05) is 0 Å². The average Bonchev–Trinajstić information content (AvgIpc) is 2.19. The van der Waals surface area contributed by atoms with Crippen LogP contribution in [-0.2, 0) is 4.79 Å². The molecule has 0 bridgehead atoms. The molecule has 1 amide bonds. The minimum atomic E-state index is -4.69. The monoisotopic (exact) mass is 264 g/mol. The zero-order valence-corrected chi connectivity index (χ0v) is 9.41. The van der Waals surface area contributed by atoms with Gasteiger partial charge in [-0.3, -0.25) is 4.79 Å². The van der Waals surface area contributed by atoms with Crippen molar-refractivity contribution < 1.29 is 18.0 Å². The molecule has 2 N–H and O–H groups in total. The minimum absolute atomic E-state index is 0.189. The largest absolute Gasteiger partial charge is 0.420 e. The van der Waals surface area contributed by atoms with Gasteiger partial charge in [-0.2, -0.15) is 13.2 Å². The van der Waals surface area contributed by atoms with E-state index in [1.54, 1.807) is 0 Å². The smallest absolute Gasteiger partial charge is 0.362 e. The summed E-state index contributed by atoms with van der Waals surface area (Å²) in [5, 5.41) is 4.72. The van der Waals surface area contributed by atoms with Gasteiger partial charge in [0, 0.05) is 5.02 Å². The fourth-order valence-corrected chi connectivity index (χ4v) is 1.67. The van der Waals surface area contributed by atoms with Crippen molar-refractivity contribution in [2.75, 3.05) is 10.6 Å². The number of anilines is 2. The van der Waals surface area contributed by atoms with Gasteiger partial charge >= 0.3 is 6.18 Å². The summed E-state index contributed by atoms with van der Waals surface area (Å²) in [4.78, 5) is 11.5. The zero-order chi connectivity index (χ0) is 12.8. The van der Waals surface area contributed by atoms with Gasteiger partial charge in [-0.05, 0) is 25.1 Å². The SMILES string of the molecule is CC1(C(F)(F)F)Nc2ccc(Cl)cc2NC1=O. The lowest BCUT2D eigenvalue weighted by Crippen LogP contribution is -2.60. The van der Waals surface area contributed by atoms with E-state index in [-0.39, 0.29) is 11.4 Å². The maximum atomic E-state index is 12.8. The van der Waals surface area contributed by atoms with Crippen molar-refractivity contribution in [3.8, 4) is 0 Å². The molecule has 1 unspecified atom stereocenters. The van der Waals surface area contributed by atoms with Gasteiger partial charge in [0.25, 0.3) is 5.91 Å². The molecule has 1 aliphatic rings. The normalized spacial score (nSPS) is 23.7. The third-order valence-corrected chi connectivity index (χ3v) is 2.87. The van der Waals surface area contributed by atoms with Crippen LogP contribution in [0.5, 0.6) is 0 Å². The van der Waals surface area contributed by atoms with Gasteiger partial charge in [0.2, 0.25) is 5.54 Å². The Morgan fingerprint density at radius 1 is 1.29 bits per heavy atom. The number of benzene rings is 1. The van der Waals surface area contributed by atoms with Gasteiger partial charge in [0.05, 0.1) is 11.4 Å². The molecular weight excluding hydrogens is 257 g/mol. The molecule has 0 saturated heterocycles. The number of amides is 1. The van der Waals surface area contributed by atoms with Gasteiger partial charge in [-0.15, -0.1) is 0 Å². The molecule has 2 rings (SSSR count). The Balaban J connectivity index is 2.47. The second-order valence-corrected chi connectivity index (χ2v) is 4.33. The van der Waals surface area contributed by atoms with Crippen LogP contribution in [0.25, 0.3) is 0 Å². The molecular formula is C10H8ClF3N2O. The molecule has 1 atom stereocenters. The van der Waals surface area contributed by atoms with E-state index in [9.17, 15) is 18.0 Å². The number of hydrogen-bond donors (Lipinski definition) is 2. The van der Waals surface area contributed by atoms with Crippen molar-refractivity contribution in [1.29, 1.82) is 0 Å². The summed E-state index contributed by atoms with van der Waals surface area (Å²) in [6, 6.07) is 4.22. The van der Waals surface area contributed by atoms with Crippen LogP contribution in [-0.4, -0.2) is 17.6 Å². The molecule has 0 aromatic heterocycles. The summed E-state index contributed by atoms with van der Waals surface area (Å²) in [7, 11) is 0. The average molecular weight is 265 g/mol. The van der Waals surface area contributed by atoms with Gasteiger partial charge in [-0.1, -0.05) is 11.6 Å². The quantitative estimate of drug-likeness (QED) is 0.756. The number of halogens is 4. The molecule has 0 radical (unpaired) electrons. The molecule has 7 heteroatoms. The van der Waals surface area contributed by atoms with E-state index in [0.717, 1.165) is 6.92 Å². The Morgan fingerprint density at radius 2 is 1.94 bits per heavy atom. The van der Waals surface area contributed by atoms with Crippen LogP contribution in [0, 0.1) is 0 Å². The maximum absolute atomic E-state index is 12.8. The molecule has 0 fully saturated rings. The first-order chi connectivity index (χ1) is 7.74. The van der Waals surface area contributed by atoms with Crippen molar-refractivity contribution in [3.05, 3.63) is 23.2 Å². The van der Waals surface area contributed by atoms with Crippen molar-refractivity contribution in [2.45, 2.75) is 18.6 Å². The molecule has 0 spiro atoms. The molecule has 92 valence electrons. The summed E-state index contributed by atoms with van der Waals surface area (Å²) in [5.74, 6) is -1.15. The summed E-state index contributed by atoms with van der Waals surface area (Å²) < 4.78 is 38.4. The lowest BCUT2D eigenvalue weighted by Gasteiger charge is -2.36. The first-order valence-electron chi connectivity index (χ1n) is 4.70. The highest BCUT2D eigenvalue weighted by Gasteiger charge is 2.58. The molecule has 1 aromatic rings. The van der Waals surface area contributed by atoms with E-state index in [2.05, 4.69) is 10.6 Å². The van der Waals surface area contributed by atoms with E-state index in [0.29, 0.717) is 5.02 Å². The zero-order valence-electron chi connectivity index (χ0n) is 8.65. The van der Waals surface area contributed by atoms with Crippen molar-refractivity contribution in [3.63, 3.8) is 0 Å². The minimum Gasteiger partial charge on any atom is -0.362 e. The van der Waals surface area contributed by atoms with Crippen molar-refractivity contribution in [2.24, 2.45) is 0 Å². The molecule has 1 aliphatic heterocycles. The van der Waals surface area contributed by atoms with Crippen molar-refractivity contribution in [1.82, 2.24) is 0 Å². The second kappa shape index (κ2) is 3.53. The first-order valence-corrected chi connectivity index (χ1v) is 5.08. The highest BCUT2D eigenvalue weighted by Crippen LogP contribution is 2.40. The predicted octanol–water partition coefficient (Wildman–Crippen LogP) is 3.03. The number of rotatable bonds is 0. The van der Waals surface area contributed by atoms with E-state index < -0.39 is 17.6 Å². The number of carbonyl (C=O) groups is 1. The number of alkyl halides is 3. The summed E-state index contributed by atoms with van der Waals surface area (Å²) in [6.07, 6.45) is -4.69. The van der Waals surface area contributed by atoms with Crippen LogP contribution in [0.15, 0.2) is 18.2 Å². The van der Waals surface area contributed by atoms with Gasteiger partial charge < -0.3 is 10.6 Å². The second-order valence-electron chi connectivity index (χ2n) is 3.89. The third kappa shape index (κ3) is 1.82. The molecule has 1 heterocycles. The topological polar surface area (TPSA) is 41.1 Å². The van der Waals surface area contributed by atoms with Crippen LogP contribution in [0.2, 0.25) is 5.02 Å². The van der Waals surface area contributed by atoms with Gasteiger partial charge in [0.1, 0.15) is 0 Å². The summed E-state index contributed by atoms with van der Waals surface area (Å²) in [6.45, 7) is 0.792. The van der Waals surface area contributed by atoms with E-state index in [4.69, 9.17) is 11.6 Å². The Bertz CT molecular complexity index is 489. The van der Waals surface area contributed by atoms with E-state index >= 15 is 0 Å². The third-order valence-electron chi connectivity index (χ3n) is 2.64. The van der Waals surface area contributed by atoms with Crippen molar-refractivity contribution >= 4 is 28.9 Å². The molecule has 1 aromatic carbocycles. The Labute approximate surface area is 99.9 Å². The molecule has 0 saturated carbocycles. The van der Waals surface area contributed by atoms with Crippen LogP contribution in [0.4, 0.5) is 24.5 Å². The Morgan fingerprint density at radius 3 is 2.53 bits per heavy atom. The molecule has 17 heavy (non-hydrogen) atoms. The standard InChI is InChI=1S/C10H8ClF3N2O/c1-9(10(12,13)14)8(17)15-7-4-5(11)2-3-6(7)16-9/h2-4,16H,1H3,(H,15,17). The van der Waals surface area contributed by atoms with Crippen LogP contribution < -0.4 is 10.6 Å². The number of carbonyl (C=O) groups excluding carboxylic acids is 1. The predicted molar refractivity (Wildman–Crippen MR) is 58.2 cm³/mol. The lowest BCUT2D eigenvalue weighted by molar-refractivity contribution is -0.179. The van der Waals surface area contributed by atoms with Gasteiger partial charge in [0.15, 0.2) is 0 Å². The van der Waals surface area contributed by atoms with Crippen LogP contribution >= 0.6 is 11.6 Å². The lowest BCUT2D eigenvalue weighted by atomic mass is 9.96.